The zero-order valence-corrected chi connectivity index (χ0v) is 16.5. The lowest BCUT2D eigenvalue weighted by molar-refractivity contribution is -0.116. The fourth-order valence-corrected chi connectivity index (χ4v) is 3.12. The van der Waals surface area contributed by atoms with E-state index in [-0.39, 0.29) is 23.8 Å². The maximum Gasteiger partial charge on any atom is 0.257 e. The first-order valence-electron chi connectivity index (χ1n) is 9.23. The number of hydrogen-bond donors (Lipinski definition) is 1. The molecule has 1 amide bonds. The van der Waals surface area contributed by atoms with Crippen LogP contribution < -0.4 is 15.6 Å². The van der Waals surface area contributed by atoms with Gasteiger partial charge in [0.25, 0.3) is 5.56 Å². The number of hydrogen-bond acceptors (Lipinski definition) is 4. The normalized spacial score (nSPS) is 10.6. The Labute approximate surface area is 168 Å². The highest BCUT2D eigenvalue weighted by Gasteiger charge is 2.17. The third-order valence-corrected chi connectivity index (χ3v) is 4.58. The standard InChI is InChI=1S/C22H22FN3O3/c1-4-19-14(2)24-21(15-8-10-16(23)11-9-15)26(22(19)28)13-20(27)25-17-6-5-7-18(12-17)29-3/h5-12H,4,13H2,1-3H3,(H,25,27). The fraction of sp³-hybridized carbons (Fsp3) is 0.227. The van der Waals surface area contributed by atoms with Crippen molar-refractivity contribution in [2.75, 3.05) is 12.4 Å². The first-order valence-corrected chi connectivity index (χ1v) is 9.23. The Morgan fingerprint density at radius 2 is 1.93 bits per heavy atom. The van der Waals surface area contributed by atoms with Gasteiger partial charge in [0.1, 0.15) is 23.9 Å². The quantitative estimate of drug-likeness (QED) is 0.693. The zero-order chi connectivity index (χ0) is 21.0. The molecule has 0 aliphatic carbocycles. The van der Waals surface area contributed by atoms with E-state index in [1.54, 1.807) is 50.4 Å². The lowest BCUT2D eigenvalue weighted by Gasteiger charge is -2.15. The van der Waals surface area contributed by atoms with Crippen LogP contribution in [-0.4, -0.2) is 22.6 Å². The number of halogens is 1. The van der Waals surface area contributed by atoms with Crippen molar-refractivity contribution >= 4 is 11.6 Å². The maximum absolute atomic E-state index is 13.3. The minimum Gasteiger partial charge on any atom is -0.497 e. The topological polar surface area (TPSA) is 73.2 Å². The summed E-state index contributed by atoms with van der Waals surface area (Å²) in [5.74, 6) is 0.166. The summed E-state index contributed by atoms with van der Waals surface area (Å²) in [7, 11) is 1.54. The number of amides is 1. The van der Waals surface area contributed by atoms with Crippen molar-refractivity contribution < 1.29 is 13.9 Å². The second-order valence-corrected chi connectivity index (χ2v) is 6.53. The molecule has 0 unspecified atom stereocenters. The second-order valence-electron chi connectivity index (χ2n) is 6.53. The van der Waals surface area contributed by atoms with Gasteiger partial charge >= 0.3 is 0 Å². The number of nitrogens with one attached hydrogen (secondary N) is 1. The number of anilines is 1. The average Bonchev–Trinajstić information content (AvgIpc) is 2.71. The fourth-order valence-electron chi connectivity index (χ4n) is 3.12. The van der Waals surface area contributed by atoms with Gasteiger partial charge in [-0.1, -0.05) is 13.0 Å². The van der Waals surface area contributed by atoms with E-state index in [2.05, 4.69) is 10.3 Å². The molecular weight excluding hydrogens is 373 g/mol. The van der Waals surface area contributed by atoms with Crippen LogP contribution in [0.5, 0.6) is 5.75 Å². The van der Waals surface area contributed by atoms with Gasteiger partial charge in [-0.2, -0.15) is 0 Å². The van der Waals surface area contributed by atoms with Gasteiger partial charge < -0.3 is 10.1 Å². The van der Waals surface area contributed by atoms with E-state index in [1.807, 2.05) is 6.92 Å². The molecule has 2 aromatic carbocycles. The van der Waals surface area contributed by atoms with Gasteiger partial charge in [0.15, 0.2) is 0 Å². The number of rotatable bonds is 6. The number of nitrogens with zero attached hydrogens (tertiary/aromatic N) is 2. The second kappa shape index (κ2) is 8.68. The van der Waals surface area contributed by atoms with Crippen LogP contribution in [0.2, 0.25) is 0 Å². The molecule has 1 aromatic heterocycles. The lowest BCUT2D eigenvalue weighted by atomic mass is 10.1. The smallest absolute Gasteiger partial charge is 0.257 e. The summed E-state index contributed by atoms with van der Waals surface area (Å²) in [6, 6.07) is 12.6. The van der Waals surface area contributed by atoms with Gasteiger partial charge in [-0.15, -0.1) is 0 Å². The Kier molecular flexibility index (Phi) is 6.07. The van der Waals surface area contributed by atoms with Crippen molar-refractivity contribution in [2.45, 2.75) is 26.8 Å². The first-order chi connectivity index (χ1) is 13.9. The van der Waals surface area contributed by atoms with Crippen molar-refractivity contribution in [2.24, 2.45) is 0 Å². The Bertz CT molecular complexity index is 1090. The van der Waals surface area contributed by atoms with Gasteiger partial charge in [-0.25, -0.2) is 9.37 Å². The third kappa shape index (κ3) is 4.51. The Morgan fingerprint density at radius 3 is 2.59 bits per heavy atom. The van der Waals surface area contributed by atoms with Crippen LogP contribution in [0.3, 0.4) is 0 Å². The van der Waals surface area contributed by atoms with E-state index < -0.39 is 0 Å². The molecule has 0 saturated heterocycles. The molecule has 0 aliphatic rings. The largest absolute Gasteiger partial charge is 0.497 e. The zero-order valence-electron chi connectivity index (χ0n) is 16.5. The monoisotopic (exact) mass is 395 g/mol. The van der Waals surface area contributed by atoms with E-state index in [4.69, 9.17) is 4.74 Å². The van der Waals surface area contributed by atoms with Crippen LogP contribution in [-0.2, 0) is 17.8 Å². The van der Waals surface area contributed by atoms with Gasteiger partial charge in [0, 0.05) is 28.6 Å². The molecule has 29 heavy (non-hydrogen) atoms. The predicted octanol–water partition coefficient (Wildman–Crippen LogP) is 3.57. The molecule has 0 atom stereocenters. The van der Waals surface area contributed by atoms with Crippen molar-refractivity contribution in [3.63, 3.8) is 0 Å². The highest BCUT2D eigenvalue weighted by atomic mass is 19.1. The van der Waals surface area contributed by atoms with E-state index in [9.17, 15) is 14.0 Å². The van der Waals surface area contributed by atoms with Crippen molar-refractivity contribution in [1.29, 1.82) is 0 Å². The van der Waals surface area contributed by atoms with Gasteiger partial charge in [0.05, 0.1) is 7.11 Å². The summed E-state index contributed by atoms with van der Waals surface area (Å²) >= 11 is 0. The number of benzene rings is 2. The number of aromatic nitrogens is 2. The summed E-state index contributed by atoms with van der Waals surface area (Å²) in [5.41, 5.74) is 1.98. The molecule has 6 nitrogen and oxygen atoms in total. The molecule has 0 aliphatic heterocycles. The van der Waals surface area contributed by atoms with Crippen LogP contribution in [0, 0.1) is 12.7 Å². The summed E-state index contributed by atoms with van der Waals surface area (Å²) in [6.07, 6.45) is 0.499. The van der Waals surface area contributed by atoms with E-state index in [0.29, 0.717) is 40.5 Å². The first kappa shape index (κ1) is 20.3. The lowest BCUT2D eigenvalue weighted by Crippen LogP contribution is -2.32. The van der Waals surface area contributed by atoms with Crippen LogP contribution >= 0.6 is 0 Å². The van der Waals surface area contributed by atoms with Crippen LogP contribution in [0.25, 0.3) is 11.4 Å². The molecule has 3 aromatic rings. The number of methoxy groups -OCH3 is 1. The number of ether oxygens (including phenoxy) is 1. The van der Waals surface area contributed by atoms with Crippen molar-refractivity contribution in [1.82, 2.24) is 9.55 Å². The van der Waals surface area contributed by atoms with Crippen LogP contribution in [0.4, 0.5) is 10.1 Å². The molecule has 0 spiro atoms. The van der Waals surface area contributed by atoms with Crippen LogP contribution in [0.1, 0.15) is 18.2 Å². The van der Waals surface area contributed by atoms with E-state index in [0.717, 1.165) is 0 Å². The molecule has 0 bridgehead atoms. The van der Waals surface area contributed by atoms with Gasteiger partial charge in [-0.3, -0.25) is 14.2 Å². The predicted molar refractivity (Wildman–Crippen MR) is 110 cm³/mol. The molecule has 150 valence electrons. The van der Waals surface area contributed by atoms with Crippen molar-refractivity contribution in [3.8, 4) is 17.1 Å². The maximum atomic E-state index is 13.3. The van der Waals surface area contributed by atoms with E-state index in [1.165, 1.54) is 16.7 Å². The Morgan fingerprint density at radius 1 is 1.21 bits per heavy atom. The van der Waals surface area contributed by atoms with Crippen LogP contribution in [0.15, 0.2) is 53.3 Å². The van der Waals surface area contributed by atoms with E-state index >= 15 is 0 Å². The molecule has 0 radical (unpaired) electrons. The Hall–Kier alpha value is -3.48. The minimum absolute atomic E-state index is 0.219. The molecule has 0 saturated carbocycles. The highest BCUT2D eigenvalue weighted by molar-refractivity contribution is 5.91. The van der Waals surface area contributed by atoms with Gasteiger partial charge in [0.2, 0.25) is 5.91 Å². The third-order valence-electron chi connectivity index (χ3n) is 4.58. The average molecular weight is 395 g/mol. The number of carbonyl (C=O) groups is 1. The van der Waals surface area contributed by atoms with Gasteiger partial charge in [-0.05, 0) is 49.7 Å². The Balaban J connectivity index is 1.99. The number of aryl methyl sites for hydroxylation is 1. The van der Waals surface area contributed by atoms with Crippen molar-refractivity contribution in [3.05, 3.63) is 76.0 Å². The minimum atomic E-state index is -0.389. The summed E-state index contributed by atoms with van der Waals surface area (Å²) in [4.78, 5) is 30.2. The molecule has 1 N–H and O–H groups in total. The summed E-state index contributed by atoms with van der Waals surface area (Å²) in [6.45, 7) is 3.40. The molecule has 1 heterocycles. The highest BCUT2D eigenvalue weighted by Crippen LogP contribution is 2.19. The SMILES string of the molecule is CCc1c(C)nc(-c2ccc(F)cc2)n(CC(=O)Nc2cccc(OC)c2)c1=O. The number of carbonyl (C=O) groups excluding carboxylic acids is 1. The molecule has 3 rings (SSSR count). The molecule has 7 heteroatoms. The molecular formula is C22H22FN3O3. The summed E-state index contributed by atoms with van der Waals surface area (Å²) < 4.78 is 19.8. The summed E-state index contributed by atoms with van der Waals surface area (Å²) in [5, 5.41) is 2.77. The molecule has 0 fully saturated rings.